The van der Waals surface area contributed by atoms with Crippen LogP contribution in [0.5, 0.6) is 0 Å². The van der Waals surface area contributed by atoms with Crippen molar-refractivity contribution in [1.82, 2.24) is 4.98 Å². The number of aryl methyl sites for hydroxylation is 1. The highest BCUT2D eigenvalue weighted by Crippen LogP contribution is 2.18. The number of anilines is 2. The minimum absolute atomic E-state index is 0.159. The van der Waals surface area contributed by atoms with E-state index in [1.165, 1.54) is 0 Å². The van der Waals surface area contributed by atoms with Crippen LogP contribution < -0.4 is 10.5 Å². The number of aromatic nitrogens is 1. The van der Waals surface area contributed by atoms with Crippen LogP contribution in [0.15, 0.2) is 42.6 Å². The van der Waals surface area contributed by atoms with Gasteiger partial charge in [-0.1, -0.05) is 18.2 Å². The Bertz CT molecular complexity index is 630. The number of nitrogen functional groups attached to an aromatic ring is 1. The molecular weight excluding hydrogens is 262 g/mol. The third kappa shape index (κ3) is 3.45. The molecule has 0 radical (unpaired) electrons. The number of pyridine rings is 1. The first-order valence-corrected chi connectivity index (χ1v) is 7.39. The summed E-state index contributed by atoms with van der Waals surface area (Å²) in [5.41, 5.74) is 7.91. The quantitative estimate of drug-likeness (QED) is 0.836. The predicted octanol–water partition coefficient (Wildman–Crippen LogP) is 1.91. The minimum Gasteiger partial charge on any atom is -0.398 e. The van der Waals surface area contributed by atoms with E-state index < -0.39 is 10.0 Å². The molecule has 0 aliphatic heterocycles. The van der Waals surface area contributed by atoms with Crippen LogP contribution in [0, 0.1) is 6.92 Å². The topological polar surface area (TPSA) is 85.1 Å². The normalized spacial score (nSPS) is 11.2. The second kappa shape index (κ2) is 5.27. The van der Waals surface area contributed by atoms with Gasteiger partial charge in [-0.25, -0.2) is 8.42 Å². The Labute approximate surface area is 112 Å². The van der Waals surface area contributed by atoms with Gasteiger partial charge in [-0.3, -0.25) is 9.71 Å². The van der Waals surface area contributed by atoms with Crippen molar-refractivity contribution in [2.75, 3.05) is 10.5 Å². The maximum Gasteiger partial charge on any atom is 0.237 e. The first-order chi connectivity index (χ1) is 8.98. The van der Waals surface area contributed by atoms with Crippen molar-refractivity contribution >= 4 is 21.4 Å². The van der Waals surface area contributed by atoms with E-state index in [1.807, 2.05) is 0 Å². The van der Waals surface area contributed by atoms with Gasteiger partial charge in [0.15, 0.2) is 0 Å². The van der Waals surface area contributed by atoms with Crippen molar-refractivity contribution in [3.05, 3.63) is 53.9 Å². The van der Waals surface area contributed by atoms with Crippen LogP contribution in [-0.4, -0.2) is 13.4 Å². The molecule has 1 aromatic carbocycles. The zero-order chi connectivity index (χ0) is 13.9. The number of nitrogens with zero attached hydrogens (tertiary/aromatic N) is 1. The van der Waals surface area contributed by atoms with Gasteiger partial charge in [0.25, 0.3) is 0 Å². The van der Waals surface area contributed by atoms with Crippen molar-refractivity contribution in [2.45, 2.75) is 12.7 Å². The van der Waals surface area contributed by atoms with Crippen molar-refractivity contribution < 1.29 is 8.42 Å². The van der Waals surface area contributed by atoms with Crippen LogP contribution >= 0.6 is 0 Å². The standard InChI is InChI=1S/C13H15N3O2S/c1-10-13(7-4-8-15-10)16-19(17,18)9-11-5-2-3-6-12(11)14/h2-8,16H,9,14H2,1H3. The zero-order valence-corrected chi connectivity index (χ0v) is 11.3. The average molecular weight is 277 g/mol. The third-order valence-corrected chi connectivity index (χ3v) is 3.89. The maximum absolute atomic E-state index is 12.1. The Morgan fingerprint density at radius 1 is 1.21 bits per heavy atom. The fourth-order valence-electron chi connectivity index (χ4n) is 1.67. The summed E-state index contributed by atoms with van der Waals surface area (Å²) in [5.74, 6) is -0.159. The van der Waals surface area contributed by atoms with Crippen LogP contribution in [0.2, 0.25) is 0 Å². The second-order valence-electron chi connectivity index (χ2n) is 4.20. The molecule has 0 saturated carbocycles. The number of nitrogens with two attached hydrogens (primary N) is 1. The van der Waals surface area contributed by atoms with E-state index in [2.05, 4.69) is 9.71 Å². The van der Waals surface area contributed by atoms with E-state index in [0.29, 0.717) is 22.6 Å². The molecule has 1 heterocycles. The molecule has 0 bridgehead atoms. The molecule has 2 rings (SSSR count). The first kappa shape index (κ1) is 13.4. The van der Waals surface area contributed by atoms with Gasteiger partial charge in [-0.2, -0.15) is 0 Å². The lowest BCUT2D eigenvalue weighted by Crippen LogP contribution is -2.16. The highest BCUT2D eigenvalue weighted by molar-refractivity contribution is 7.91. The van der Waals surface area contributed by atoms with Gasteiger partial charge in [0.1, 0.15) is 0 Å². The summed E-state index contributed by atoms with van der Waals surface area (Å²) >= 11 is 0. The van der Waals surface area contributed by atoms with E-state index >= 15 is 0 Å². The third-order valence-electron chi connectivity index (χ3n) is 2.67. The smallest absolute Gasteiger partial charge is 0.237 e. The molecule has 0 unspecified atom stereocenters. The van der Waals surface area contributed by atoms with E-state index in [4.69, 9.17) is 5.73 Å². The summed E-state index contributed by atoms with van der Waals surface area (Å²) in [5, 5.41) is 0. The van der Waals surface area contributed by atoms with E-state index in [9.17, 15) is 8.42 Å². The number of hydrogen-bond donors (Lipinski definition) is 2. The lowest BCUT2D eigenvalue weighted by atomic mass is 10.2. The Morgan fingerprint density at radius 2 is 1.95 bits per heavy atom. The summed E-state index contributed by atoms with van der Waals surface area (Å²) in [4.78, 5) is 4.04. The summed E-state index contributed by atoms with van der Waals surface area (Å²) in [6.07, 6.45) is 1.61. The van der Waals surface area contributed by atoms with Crippen LogP contribution in [0.3, 0.4) is 0 Å². The molecule has 0 amide bonds. The molecule has 6 heteroatoms. The van der Waals surface area contributed by atoms with Gasteiger partial charge in [0, 0.05) is 11.9 Å². The van der Waals surface area contributed by atoms with Crippen LogP contribution in [0.1, 0.15) is 11.3 Å². The summed E-state index contributed by atoms with van der Waals surface area (Å²) < 4.78 is 26.7. The molecule has 0 fully saturated rings. The Balaban J connectivity index is 2.21. The van der Waals surface area contributed by atoms with Crippen LogP contribution in [-0.2, 0) is 15.8 Å². The highest BCUT2D eigenvalue weighted by atomic mass is 32.2. The Morgan fingerprint density at radius 3 is 2.63 bits per heavy atom. The molecule has 1 aromatic heterocycles. The second-order valence-corrected chi connectivity index (χ2v) is 5.92. The van der Waals surface area contributed by atoms with Crippen LogP contribution in [0.4, 0.5) is 11.4 Å². The Kier molecular flexibility index (Phi) is 3.71. The van der Waals surface area contributed by atoms with Crippen molar-refractivity contribution in [3.63, 3.8) is 0 Å². The number of hydrogen-bond acceptors (Lipinski definition) is 4. The molecule has 0 spiro atoms. The first-order valence-electron chi connectivity index (χ1n) is 5.73. The molecular formula is C13H15N3O2S. The van der Waals surface area contributed by atoms with Gasteiger partial charge in [0.05, 0.1) is 17.1 Å². The largest absolute Gasteiger partial charge is 0.398 e. The van der Waals surface area contributed by atoms with Gasteiger partial charge < -0.3 is 5.73 Å². The highest BCUT2D eigenvalue weighted by Gasteiger charge is 2.14. The number of sulfonamides is 1. The molecule has 0 aliphatic carbocycles. The summed E-state index contributed by atoms with van der Waals surface area (Å²) in [7, 11) is -3.50. The summed E-state index contributed by atoms with van der Waals surface area (Å²) in [6.45, 7) is 1.74. The Hall–Kier alpha value is -2.08. The number of benzene rings is 1. The lowest BCUT2D eigenvalue weighted by molar-refractivity contribution is 0.600. The maximum atomic E-state index is 12.1. The zero-order valence-electron chi connectivity index (χ0n) is 10.5. The van der Waals surface area contributed by atoms with Gasteiger partial charge >= 0.3 is 0 Å². The van der Waals surface area contributed by atoms with E-state index in [-0.39, 0.29) is 5.75 Å². The minimum atomic E-state index is -3.50. The lowest BCUT2D eigenvalue weighted by Gasteiger charge is -2.10. The monoisotopic (exact) mass is 277 g/mol. The van der Waals surface area contributed by atoms with Gasteiger partial charge in [-0.15, -0.1) is 0 Å². The molecule has 3 N–H and O–H groups in total. The van der Waals surface area contributed by atoms with Gasteiger partial charge in [0.2, 0.25) is 10.0 Å². The number of rotatable bonds is 4. The number of para-hydroxylation sites is 1. The van der Waals surface area contributed by atoms with Crippen molar-refractivity contribution in [2.24, 2.45) is 0 Å². The predicted molar refractivity (Wildman–Crippen MR) is 76.1 cm³/mol. The fraction of sp³-hybridized carbons (Fsp3) is 0.154. The summed E-state index contributed by atoms with van der Waals surface area (Å²) in [6, 6.07) is 10.3. The molecule has 0 aliphatic rings. The molecule has 5 nitrogen and oxygen atoms in total. The van der Waals surface area contributed by atoms with E-state index in [1.54, 1.807) is 49.5 Å². The molecule has 0 saturated heterocycles. The number of nitrogens with one attached hydrogen (secondary N) is 1. The van der Waals surface area contributed by atoms with Crippen LogP contribution in [0.25, 0.3) is 0 Å². The SMILES string of the molecule is Cc1ncccc1NS(=O)(=O)Cc1ccccc1N. The van der Waals surface area contributed by atoms with E-state index in [0.717, 1.165) is 0 Å². The molecule has 0 atom stereocenters. The van der Waals surface area contributed by atoms with Gasteiger partial charge in [-0.05, 0) is 30.7 Å². The molecule has 2 aromatic rings. The fourth-order valence-corrected chi connectivity index (χ4v) is 2.96. The van der Waals surface area contributed by atoms with Crippen molar-refractivity contribution in [3.8, 4) is 0 Å². The van der Waals surface area contributed by atoms with Crippen molar-refractivity contribution in [1.29, 1.82) is 0 Å². The molecule has 100 valence electrons. The molecule has 19 heavy (non-hydrogen) atoms. The average Bonchev–Trinajstić information content (AvgIpc) is 2.35.